The molecule has 0 N–H and O–H groups in total. The molecule has 0 bridgehead atoms. The third-order valence-electron chi connectivity index (χ3n) is 6.50. The summed E-state index contributed by atoms with van der Waals surface area (Å²) in [5.41, 5.74) is 3.12. The summed E-state index contributed by atoms with van der Waals surface area (Å²) >= 11 is 2.97. The standard InChI is InChI=1S/C32H28N2O4S2/c1-21-10-14-24(15-11-21)36-28-20-29(38-31(28)37-25-16-12-22(2)13-17-25)40-32-33-27(19-26-9-6-18-39-26)30(35)34(32)23-7-4-3-5-8-23/h3-19,28-29,31H,20H2,1-2H3/b27-19-/t28-,29+,31+/m1/s1. The second-order valence-corrected chi connectivity index (χ2v) is 11.7. The van der Waals surface area contributed by atoms with Gasteiger partial charge in [0.25, 0.3) is 5.91 Å². The molecule has 1 saturated heterocycles. The van der Waals surface area contributed by atoms with E-state index in [-0.39, 0.29) is 17.4 Å². The Kier molecular flexibility index (Phi) is 7.73. The first-order valence-corrected chi connectivity index (χ1v) is 14.8. The predicted molar refractivity (Wildman–Crippen MR) is 162 cm³/mol. The number of amides is 1. The van der Waals surface area contributed by atoms with Gasteiger partial charge in [-0.15, -0.1) is 11.3 Å². The van der Waals surface area contributed by atoms with Crippen molar-refractivity contribution >= 4 is 45.9 Å². The summed E-state index contributed by atoms with van der Waals surface area (Å²) in [6, 6.07) is 29.3. The fraction of sp³-hybridized carbons (Fsp3) is 0.188. The molecule has 1 amide bonds. The van der Waals surface area contributed by atoms with Crippen molar-refractivity contribution < 1.29 is 19.0 Å². The van der Waals surface area contributed by atoms with Crippen molar-refractivity contribution in [2.45, 2.75) is 38.1 Å². The van der Waals surface area contributed by atoms with Gasteiger partial charge in [-0.1, -0.05) is 71.4 Å². The molecule has 2 aliphatic heterocycles. The van der Waals surface area contributed by atoms with Crippen molar-refractivity contribution in [1.29, 1.82) is 0 Å². The summed E-state index contributed by atoms with van der Waals surface area (Å²) in [5.74, 6) is 1.29. The van der Waals surface area contributed by atoms with E-state index in [9.17, 15) is 4.79 Å². The van der Waals surface area contributed by atoms with Crippen LogP contribution in [0.25, 0.3) is 6.08 Å². The van der Waals surface area contributed by atoms with E-state index in [1.54, 1.807) is 16.2 Å². The summed E-state index contributed by atoms with van der Waals surface area (Å²) in [4.78, 5) is 20.9. The molecule has 0 saturated carbocycles. The van der Waals surface area contributed by atoms with Crippen LogP contribution in [0.1, 0.15) is 22.4 Å². The van der Waals surface area contributed by atoms with Gasteiger partial charge in [0.1, 0.15) is 22.6 Å². The molecule has 0 unspecified atom stereocenters. The van der Waals surface area contributed by atoms with Gasteiger partial charge in [-0.3, -0.25) is 9.69 Å². The zero-order chi connectivity index (χ0) is 27.5. The van der Waals surface area contributed by atoms with Crippen LogP contribution in [0.15, 0.2) is 107 Å². The van der Waals surface area contributed by atoms with Crippen molar-refractivity contribution in [3.63, 3.8) is 0 Å². The normalized spacial score (nSPS) is 21.6. The van der Waals surface area contributed by atoms with E-state index in [2.05, 4.69) is 0 Å². The fourth-order valence-electron chi connectivity index (χ4n) is 4.43. The summed E-state index contributed by atoms with van der Waals surface area (Å²) < 4.78 is 19.0. The first-order valence-electron chi connectivity index (χ1n) is 13.0. The molecule has 6 rings (SSSR count). The van der Waals surface area contributed by atoms with Gasteiger partial charge in [-0.2, -0.15) is 0 Å². The second-order valence-electron chi connectivity index (χ2n) is 9.60. The number of hydrogen-bond acceptors (Lipinski definition) is 7. The van der Waals surface area contributed by atoms with E-state index in [4.69, 9.17) is 19.2 Å². The quantitative estimate of drug-likeness (QED) is 0.217. The van der Waals surface area contributed by atoms with Crippen LogP contribution in [0.5, 0.6) is 11.5 Å². The van der Waals surface area contributed by atoms with Crippen molar-refractivity contribution in [1.82, 2.24) is 0 Å². The van der Waals surface area contributed by atoms with Gasteiger partial charge >= 0.3 is 0 Å². The lowest BCUT2D eigenvalue weighted by Gasteiger charge is -2.21. The Labute approximate surface area is 241 Å². The molecule has 6 nitrogen and oxygen atoms in total. The number of para-hydroxylation sites is 1. The summed E-state index contributed by atoms with van der Waals surface area (Å²) in [6.07, 6.45) is 1.39. The number of thiophene rings is 1. The lowest BCUT2D eigenvalue weighted by Crippen LogP contribution is -2.32. The van der Waals surface area contributed by atoms with E-state index in [1.807, 2.05) is 116 Å². The van der Waals surface area contributed by atoms with Gasteiger partial charge in [0.2, 0.25) is 6.29 Å². The van der Waals surface area contributed by atoms with E-state index in [1.165, 1.54) is 11.8 Å². The van der Waals surface area contributed by atoms with Crippen LogP contribution in [-0.2, 0) is 9.53 Å². The molecule has 40 heavy (non-hydrogen) atoms. The van der Waals surface area contributed by atoms with Crippen molar-refractivity contribution in [2.75, 3.05) is 4.90 Å². The maximum atomic E-state index is 13.5. The highest BCUT2D eigenvalue weighted by molar-refractivity contribution is 8.14. The Morgan fingerprint density at radius 1 is 0.900 bits per heavy atom. The van der Waals surface area contributed by atoms with E-state index >= 15 is 0 Å². The monoisotopic (exact) mass is 568 g/mol. The Balaban J connectivity index is 1.26. The fourth-order valence-corrected chi connectivity index (χ4v) is 6.21. The summed E-state index contributed by atoms with van der Waals surface area (Å²) in [6.45, 7) is 4.08. The molecular formula is C32H28N2O4S2. The molecule has 0 radical (unpaired) electrons. The number of nitrogens with zero attached hydrogens (tertiary/aromatic N) is 2. The number of hydrogen-bond donors (Lipinski definition) is 0. The molecular weight excluding hydrogens is 540 g/mol. The molecule has 3 heterocycles. The Morgan fingerprint density at radius 2 is 1.57 bits per heavy atom. The molecule has 4 aromatic rings. The van der Waals surface area contributed by atoms with E-state index in [0.717, 1.165) is 27.4 Å². The predicted octanol–water partition coefficient (Wildman–Crippen LogP) is 7.44. The maximum absolute atomic E-state index is 13.5. The minimum atomic E-state index is -0.634. The van der Waals surface area contributed by atoms with Crippen LogP contribution >= 0.6 is 23.1 Å². The largest absolute Gasteiger partial charge is 0.484 e. The maximum Gasteiger partial charge on any atom is 0.283 e. The van der Waals surface area contributed by atoms with Crippen LogP contribution < -0.4 is 14.4 Å². The molecule has 3 atom stereocenters. The third kappa shape index (κ3) is 5.99. The van der Waals surface area contributed by atoms with Crippen molar-refractivity contribution in [2.24, 2.45) is 4.99 Å². The van der Waals surface area contributed by atoms with Crippen LogP contribution in [-0.4, -0.2) is 28.9 Å². The zero-order valence-electron chi connectivity index (χ0n) is 22.1. The Bertz CT molecular complexity index is 1460. The highest BCUT2D eigenvalue weighted by Gasteiger charge is 2.42. The summed E-state index contributed by atoms with van der Waals surface area (Å²) in [7, 11) is 0. The zero-order valence-corrected chi connectivity index (χ0v) is 23.7. The minimum Gasteiger partial charge on any atom is -0.484 e. The second kappa shape index (κ2) is 11.7. The number of carbonyl (C=O) groups excluding carboxylic acids is 1. The number of anilines is 1. The Hall–Kier alpha value is -3.85. The number of ether oxygens (including phenoxy) is 3. The number of amidine groups is 1. The number of aliphatic imine (C=N–C) groups is 1. The smallest absolute Gasteiger partial charge is 0.283 e. The van der Waals surface area contributed by atoms with Gasteiger partial charge < -0.3 is 14.2 Å². The molecule has 3 aromatic carbocycles. The van der Waals surface area contributed by atoms with E-state index in [0.29, 0.717) is 23.0 Å². The number of aryl methyl sites for hydroxylation is 2. The molecule has 2 aliphatic rings. The number of carbonyl (C=O) groups is 1. The van der Waals surface area contributed by atoms with Gasteiger partial charge in [0.05, 0.1) is 5.69 Å². The molecule has 0 aliphatic carbocycles. The molecule has 1 fully saturated rings. The van der Waals surface area contributed by atoms with Crippen LogP contribution in [0.3, 0.4) is 0 Å². The average Bonchev–Trinajstić information content (AvgIpc) is 3.68. The molecule has 202 valence electrons. The number of benzene rings is 3. The van der Waals surface area contributed by atoms with Gasteiger partial charge in [-0.25, -0.2) is 4.99 Å². The third-order valence-corrected chi connectivity index (χ3v) is 8.37. The first kappa shape index (κ1) is 26.4. The topological polar surface area (TPSA) is 60.4 Å². The van der Waals surface area contributed by atoms with Gasteiger partial charge in [-0.05, 0) is 67.8 Å². The highest BCUT2D eigenvalue weighted by atomic mass is 32.2. The van der Waals surface area contributed by atoms with Gasteiger partial charge in [0.15, 0.2) is 11.3 Å². The summed E-state index contributed by atoms with van der Waals surface area (Å²) in [5, 5.41) is 2.55. The average molecular weight is 569 g/mol. The number of thioether (sulfide) groups is 1. The highest BCUT2D eigenvalue weighted by Crippen LogP contribution is 2.38. The Morgan fingerprint density at radius 3 is 2.23 bits per heavy atom. The SMILES string of the molecule is Cc1ccc(O[C@H]2O[C@@H](SC3=N/C(=C\c4cccs4)C(=O)N3c3ccccc3)C[C@H]2Oc2ccc(C)cc2)cc1. The van der Waals surface area contributed by atoms with Gasteiger partial charge in [0, 0.05) is 11.3 Å². The van der Waals surface area contributed by atoms with Crippen LogP contribution in [0, 0.1) is 13.8 Å². The van der Waals surface area contributed by atoms with E-state index < -0.39 is 6.29 Å². The first-order chi connectivity index (χ1) is 19.5. The molecule has 1 aromatic heterocycles. The molecule has 8 heteroatoms. The van der Waals surface area contributed by atoms with Crippen molar-refractivity contribution in [3.8, 4) is 11.5 Å². The molecule has 0 spiro atoms. The number of rotatable bonds is 7. The lowest BCUT2D eigenvalue weighted by atomic mass is 10.2. The van der Waals surface area contributed by atoms with Crippen molar-refractivity contribution in [3.05, 3.63) is 118 Å². The van der Waals surface area contributed by atoms with Crippen LogP contribution in [0.2, 0.25) is 0 Å². The lowest BCUT2D eigenvalue weighted by molar-refractivity contribution is -0.113. The van der Waals surface area contributed by atoms with Crippen LogP contribution in [0.4, 0.5) is 5.69 Å². The minimum absolute atomic E-state index is 0.167.